The van der Waals surface area contributed by atoms with E-state index in [1.807, 2.05) is 24.3 Å². The molecule has 1 nitrogen and oxygen atoms in total. The minimum absolute atomic E-state index is 0.331. The number of ether oxygens (including phenoxy) is 1. The second-order valence-electron chi connectivity index (χ2n) is 5.57. The highest BCUT2D eigenvalue weighted by Gasteiger charge is 2.27. The molecule has 2 rings (SSSR count). The molecular formula is C17H21F3O. The first-order valence-corrected chi connectivity index (χ1v) is 7.55. The average Bonchev–Trinajstić information content (AvgIpc) is 2.53. The fraction of sp³-hybridized carbons (Fsp3) is 0.529. The highest BCUT2D eigenvalue weighted by Crippen LogP contribution is 2.40. The van der Waals surface area contributed by atoms with E-state index in [1.54, 1.807) is 0 Å². The van der Waals surface area contributed by atoms with Crippen LogP contribution < -0.4 is 4.74 Å². The minimum atomic E-state index is -2.16. The number of rotatable bonds is 5. The summed E-state index contributed by atoms with van der Waals surface area (Å²) >= 11 is 0. The van der Waals surface area contributed by atoms with Crippen LogP contribution in [0.4, 0.5) is 13.2 Å². The molecule has 4 heteroatoms. The Bertz CT molecular complexity index is 469. The van der Waals surface area contributed by atoms with Gasteiger partial charge in [-0.3, -0.25) is 0 Å². The highest BCUT2D eigenvalue weighted by molar-refractivity contribution is 5.29. The van der Waals surface area contributed by atoms with E-state index in [1.165, 1.54) is 5.56 Å². The summed E-state index contributed by atoms with van der Waals surface area (Å²) in [7, 11) is 0. The van der Waals surface area contributed by atoms with Crippen molar-refractivity contribution in [2.75, 3.05) is 6.61 Å². The Labute approximate surface area is 123 Å². The minimum Gasteiger partial charge on any atom is -0.494 e. The van der Waals surface area contributed by atoms with E-state index in [2.05, 4.69) is 6.92 Å². The van der Waals surface area contributed by atoms with Crippen molar-refractivity contribution < 1.29 is 17.9 Å². The molecule has 1 fully saturated rings. The van der Waals surface area contributed by atoms with Crippen molar-refractivity contribution in [1.29, 1.82) is 0 Å². The fourth-order valence-electron chi connectivity index (χ4n) is 2.89. The van der Waals surface area contributed by atoms with Gasteiger partial charge in [0.25, 0.3) is 0 Å². The smallest absolute Gasteiger partial charge is 0.301 e. The molecule has 1 saturated carbocycles. The van der Waals surface area contributed by atoms with Gasteiger partial charge >= 0.3 is 6.08 Å². The van der Waals surface area contributed by atoms with E-state index in [4.69, 9.17) is 4.74 Å². The van der Waals surface area contributed by atoms with Crippen LogP contribution in [0.25, 0.3) is 0 Å². The molecule has 0 radical (unpaired) electrons. The molecule has 0 aromatic heterocycles. The zero-order valence-corrected chi connectivity index (χ0v) is 12.2. The molecule has 0 heterocycles. The van der Waals surface area contributed by atoms with Crippen LogP contribution in [0.15, 0.2) is 36.2 Å². The molecule has 0 aliphatic heterocycles. The maximum Gasteiger partial charge on any atom is 0.301 e. The van der Waals surface area contributed by atoms with E-state index < -0.39 is 17.8 Å². The van der Waals surface area contributed by atoms with Crippen molar-refractivity contribution >= 4 is 0 Å². The normalized spacial score (nSPS) is 21.9. The largest absolute Gasteiger partial charge is 0.494 e. The van der Waals surface area contributed by atoms with Crippen LogP contribution in [0.3, 0.4) is 0 Å². The quantitative estimate of drug-likeness (QED) is 0.665. The van der Waals surface area contributed by atoms with Crippen LogP contribution >= 0.6 is 0 Å². The topological polar surface area (TPSA) is 9.23 Å². The van der Waals surface area contributed by atoms with Crippen LogP contribution in [0.2, 0.25) is 0 Å². The fourth-order valence-corrected chi connectivity index (χ4v) is 2.89. The van der Waals surface area contributed by atoms with Gasteiger partial charge in [-0.25, -0.2) is 4.39 Å². The summed E-state index contributed by atoms with van der Waals surface area (Å²) in [4.78, 5) is 0. The van der Waals surface area contributed by atoms with Crippen LogP contribution in [0, 0.1) is 5.92 Å². The molecule has 1 aromatic rings. The Kier molecular flexibility index (Phi) is 5.71. The third kappa shape index (κ3) is 4.26. The maximum atomic E-state index is 13.2. The molecule has 0 spiro atoms. The summed E-state index contributed by atoms with van der Waals surface area (Å²) in [6.45, 7) is 2.76. The summed E-state index contributed by atoms with van der Waals surface area (Å²) in [6.07, 6.45) is 1.29. The van der Waals surface area contributed by atoms with Crippen LogP contribution in [-0.2, 0) is 0 Å². The van der Waals surface area contributed by atoms with E-state index in [-0.39, 0.29) is 0 Å². The third-order valence-electron chi connectivity index (χ3n) is 4.09. The monoisotopic (exact) mass is 298 g/mol. The van der Waals surface area contributed by atoms with Crippen molar-refractivity contribution in [2.24, 2.45) is 5.92 Å². The lowest BCUT2D eigenvalue weighted by Crippen LogP contribution is -2.14. The molecule has 21 heavy (non-hydrogen) atoms. The Morgan fingerprint density at radius 1 is 1.05 bits per heavy atom. The molecule has 0 amide bonds. The summed E-state index contributed by atoms with van der Waals surface area (Å²) in [5.74, 6) is -0.630. The summed E-state index contributed by atoms with van der Waals surface area (Å²) < 4.78 is 43.3. The first-order valence-electron chi connectivity index (χ1n) is 7.55. The van der Waals surface area contributed by atoms with Gasteiger partial charge < -0.3 is 4.74 Å². The van der Waals surface area contributed by atoms with Gasteiger partial charge in [-0.15, -0.1) is 0 Å². The van der Waals surface area contributed by atoms with E-state index in [0.717, 1.165) is 25.0 Å². The van der Waals surface area contributed by atoms with Gasteiger partial charge in [0.1, 0.15) is 5.75 Å². The highest BCUT2D eigenvalue weighted by atomic mass is 19.3. The molecule has 0 bridgehead atoms. The second-order valence-corrected chi connectivity index (χ2v) is 5.57. The Morgan fingerprint density at radius 2 is 1.67 bits per heavy atom. The molecule has 0 atom stereocenters. The van der Waals surface area contributed by atoms with Crippen molar-refractivity contribution in [3.8, 4) is 5.75 Å². The number of hydrogen-bond donors (Lipinski definition) is 0. The van der Waals surface area contributed by atoms with Gasteiger partial charge in [0, 0.05) is 5.92 Å². The lowest BCUT2D eigenvalue weighted by atomic mass is 9.78. The third-order valence-corrected chi connectivity index (χ3v) is 4.09. The summed E-state index contributed by atoms with van der Waals surface area (Å²) in [5, 5.41) is 0. The molecule has 0 saturated heterocycles. The van der Waals surface area contributed by atoms with Crippen LogP contribution in [0.5, 0.6) is 5.75 Å². The molecule has 116 valence electrons. The van der Waals surface area contributed by atoms with Crippen molar-refractivity contribution in [3.63, 3.8) is 0 Å². The Balaban J connectivity index is 1.91. The number of hydrogen-bond acceptors (Lipinski definition) is 1. The number of benzene rings is 1. The molecular weight excluding hydrogens is 277 g/mol. The van der Waals surface area contributed by atoms with Crippen molar-refractivity contribution in [3.05, 3.63) is 41.7 Å². The second kappa shape index (κ2) is 7.53. The Morgan fingerprint density at radius 3 is 2.19 bits per heavy atom. The molecule has 1 aliphatic carbocycles. The first kappa shape index (κ1) is 15.9. The average molecular weight is 298 g/mol. The van der Waals surface area contributed by atoms with E-state index in [9.17, 15) is 13.2 Å². The molecule has 1 aliphatic rings. The van der Waals surface area contributed by atoms with Gasteiger partial charge in [0.05, 0.1) is 6.61 Å². The lowest BCUT2D eigenvalue weighted by molar-refractivity contribution is 0.281. The number of halogens is 3. The lowest BCUT2D eigenvalue weighted by Gasteiger charge is -2.27. The van der Waals surface area contributed by atoms with Crippen LogP contribution in [-0.4, -0.2) is 6.61 Å². The SMILES string of the molecule is CCCOc1ccc(C2CCC(C(F)=C(F)F)CC2)cc1. The molecule has 0 N–H and O–H groups in total. The van der Waals surface area contributed by atoms with Gasteiger partial charge in [-0.1, -0.05) is 19.1 Å². The van der Waals surface area contributed by atoms with E-state index in [0.29, 0.717) is 25.4 Å². The summed E-state index contributed by atoms with van der Waals surface area (Å²) in [6, 6.07) is 7.94. The van der Waals surface area contributed by atoms with Gasteiger partial charge in [0.2, 0.25) is 0 Å². The Hall–Kier alpha value is -1.45. The van der Waals surface area contributed by atoms with Crippen molar-refractivity contribution in [1.82, 2.24) is 0 Å². The zero-order valence-electron chi connectivity index (χ0n) is 12.2. The first-order chi connectivity index (χ1) is 10.1. The molecule has 1 aromatic carbocycles. The van der Waals surface area contributed by atoms with Crippen molar-refractivity contribution in [2.45, 2.75) is 44.9 Å². The predicted molar refractivity (Wildman–Crippen MR) is 77.3 cm³/mol. The maximum absolute atomic E-state index is 13.2. The molecule has 0 unspecified atom stereocenters. The number of allylic oxidation sites excluding steroid dienone is 1. The zero-order chi connectivity index (χ0) is 15.2. The standard InChI is InChI=1S/C17H21F3O/c1-2-11-21-15-9-7-13(8-10-15)12-3-5-14(6-4-12)16(18)17(19)20/h7-10,12,14H,2-6,11H2,1H3. The predicted octanol–water partition coefficient (Wildman–Crippen LogP) is 5.83. The van der Waals surface area contributed by atoms with Crippen LogP contribution in [0.1, 0.15) is 50.5 Å². The van der Waals surface area contributed by atoms with E-state index >= 15 is 0 Å². The van der Waals surface area contributed by atoms with Gasteiger partial charge in [0.15, 0.2) is 5.83 Å². The summed E-state index contributed by atoms with van der Waals surface area (Å²) in [5.41, 5.74) is 1.18. The van der Waals surface area contributed by atoms with Gasteiger partial charge in [-0.2, -0.15) is 8.78 Å². The van der Waals surface area contributed by atoms with Gasteiger partial charge in [-0.05, 0) is 55.7 Å².